The van der Waals surface area contributed by atoms with Crippen molar-refractivity contribution in [1.82, 2.24) is 15.1 Å². The Morgan fingerprint density at radius 1 is 1.26 bits per heavy atom. The molecule has 1 amide bonds. The molecule has 7 nitrogen and oxygen atoms in total. The third-order valence-electron chi connectivity index (χ3n) is 3.66. The van der Waals surface area contributed by atoms with Crippen LogP contribution in [0, 0.1) is 5.92 Å². The molecule has 2 heterocycles. The summed E-state index contributed by atoms with van der Waals surface area (Å²) in [6.45, 7) is 6.18. The van der Waals surface area contributed by atoms with Gasteiger partial charge in [0.25, 0.3) is 0 Å². The number of amides is 1. The van der Waals surface area contributed by atoms with Gasteiger partial charge in [0.05, 0.1) is 5.75 Å². The van der Waals surface area contributed by atoms with Crippen LogP contribution in [-0.2, 0) is 14.6 Å². The summed E-state index contributed by atoms with van der Waals surface area (Å²) in [5.41, 5.74) is 0. The third kappa shape index (κ3) is 5.46. The minimum absolute atomic E-state index is 0.0316. The van der Waals surface area contributed by atoms with Crippen LogP contribution in [0.1, 0.15) is 20.3 Å². The van der Waals surface area contributed by atoms with E-state index in [1.54, 1.807) is 11.1 Å². The molecule has 1 saturated heterocycles. The molecule has 2 rings (SSSR count). The Kier molecular flexibility index (Phi) is 5.92. The second-order valence-electron chi connectivity index (χ2n) is 6.25. The second-order valence-corrected chi connectivity index (χ2v) is 8.36. The molecular weight excluding hydrogens is 316 g/mol. The van der Waals surface area contributed by atoms with Crippen molar-refractivity contribution in [3.63, 3.8) is 0 Å². The van der Waals surface area contributed by atoms with Crippen molar-refractivity contribution in [3.05, 3.63) is 18.3 Å². The lowest BCUT2D eigenvalue weighted by Gasteiger charge is -2.22. The lowest BCUT2D eigenvalue weighted by atomic mass is 10.3. The molecule has 0 saturated carbocycles. The number of hydrogen-bond acceptors (Lipinski definition) is 6. The van der Waals surface area contributed by atoms with Crippen molar-refractivity contribution in [2.75, 3.05) is 42.6 Å². The number of nitrogens with zero attached hydrogens (tertiary/aromatic N) is 4. The first kappa shape index (κ1) is 17.7. The summed E-state index contributed by atoms with van der Waals surface area (Å²) < 4.78 is 24.0. The lowest BCUT2D eigenvalue weighted by Crippen LogP contribution is -2.39. The highest BCUT2D eigenvalue weighted by Gasteiger charge is 2.25. The fourth-order valence-electron chi connectivity index (χ4n) is 2.70. The summed E-state index contributed by atoms with van der Waals surface area (Å²) in [5, 5.41) is 7.95. The van der Waals surface area contributed by atoms with E-state index in [1.807, 2.05) is 26.0 Å². The first-order valence-electron chi connectivity index (χ1n) is 7.88. The van der Waals surface area contributed by atoms with Gasteiger partial charge >= 0.3 is 0 Å². The van der Waals surface area contributed by atoms with Gasteiger partial charge in [0.1, 0.15) is 5.75 Å². The zero-order valence-electron chi connectivity index (χ0n) is 13.7. The van der Waals surface area contributed by atoms with Crippen LogP contribution in [-0.4, -0.2) is 67.1 Å². The number of rotatable bonds is 5. The van der Waals surface area contributed by atoms with Gasteiger partial charge in [-0.1, -0.05) is 13.8 Å². The summed E-state index contributed by atoms with van der Waals surface area (Å²) in [5.74, 6) is 0.180. The number of hydrogen-bond donors (Lipinski definition) is 0. The Morgan fingerprint density at radius 2 is 2.04 bits per heavy atom. The molecule has 0 unspecified atom stereocenters. The van der Waals surface area contributed by atoms with Gasteiger partial charge in [-0.25, -0.2) is 8.42 Å². The summed E-state index contributed by atoms with van der Waals surface area (Å²) >= 11 is 0. The monoisotopic (exact) mass is 340 g/mol. The molecule has 128 valence electrons. The Hall–Kier alpha value is -1.70. The van der Waals surface area contributed by atoms with Gasteiger partial charge in [0.2, 0.25) is 5.91 Å². The zero-order chi connectivity index (χ0) is 16.9. The van der Waals surface area contributed by atoms with Crippen LogP contribution >= 0.6 is 0 Å². The molecule has 1 aliphatic rings. The normalized spacial score (nSPS) is 16.5. The van der Waals surface area contributed by atoms with E-state index in [4.69, 9.17) is 0 Å². The van der Waals surface area contributed by atoms with E-state index in [-0.39, 0.29) is 17.6 Å². The predicted molar refractivity (Wildman–Crippen MR) is 88.9 cm³/mol. The molecule has 1 aliphatic heterocycles. The minimum Gasteiger partial charge on any atom is -0.353 e. The number of carbonyl (C=O) groups excluding carboxylic acids is 1. The van der Waals surface area contributed by atoms with E-state index in [1.165, 1.54) is 0 Å². The van der Waals surface area contributed by atoms with Crippen molar-refractivity contribution < 1.29 is 13.2 Å². The maximum Gasteiger partial charge on any atom is 0.237 e. The fraction of sp³-hybridized carbons (Fsp3) is 0.667. The van der Waals surface area contributed by atoms with Gasteiger partial charge in [-0.05, 0) is 24.5 Å². The van der Waals surface area contributed by atoms with E-state index in [0.717, 1.165) is 18.8 Å². The van der Waals surface area contributed by atoms with Crippen LogP contribution in [0.15, 0.2) is 18.3 Å². The molecular formula is C15H24N4O3S. The summed E-state index contributed by atoms with van der Waals surface area (Å²) in [4.78, 5) is 16.0. The number of anilines is 1. The van der Waals surface area contributed by atoms with Crippen LogP contribution in [0.2, 0.25) is 0 Å². The Bertz CT molecular complexity index is 619. The average molecular weight is 340 g/mol. The number of aromatic nitrogens is 2. The van der Waals surface area contributed by atoms with Crippen molar-refractivity contribution in [2.24, 2.45) is 5.92 Å². The molecule has 1 aromatic heterocycles. The van der Waals surface area contributed by atoms with Gasteiger partial charge in [0.15, 0.2) is 15.7 Å². The third-order valence-corrected chi connectivity index (χ3v) is 5.52. The van der Waals surface area contributed by atoms with Crippen LogP contribution in [0.3, 0.4) is 0 Å². The van der Waals surface area contributed by atoms with Gasteiger partial charge in [-0.3, -0.25) is 4.79 Å². The molecule has 0 aromatic carbocycles. The first-order chi connectivity index (χ1) is 10.9. The van der Waals surface area contributed by atoms with E-state index >= 15 is 0 Å². The van der Waals surface area contributed by atoms with Gasteiger partial charge in [0, 0.05) is 32.4 Å². The van der Waals surface area contributed by atoms with E-state index in [2.05, 4.69) is 15.1 Å². The van der Waals surface area contributed by atoms with Crippen molar-refractivity contribution in [3.8, 4) is 0 Å². The predicted octanol–water partition coefficient (Wildman–Crippen LogP) is 0.586. The highest BCUT2D eigenvalue weighted by molar-refractivity contribution is 7.92. The van der Waals surface area contributed by atoms with Crippen LogP contribution < -0.4 is 4.90 Å². The molecule has 0 bridgehead atoms. The largest absolute Gasteiger partial charge is 0.353 e. The Morgan fingerprint density at radius 3 is 2.70 bits per heavy atom. The number of sulfone groups is 1. The van der Waals surface area contributed by atoms with Crippen LogP contribution in [0.25, 0.3) is 0 Å². The fourth-order valence-corrected chi connectivity index (χ4v) is 4.40. The summed E-state index contributed by atoms with van der Waals surface area (Å²) in [6, 6.07) is 3.71. The van der Waals surface area contributed by atoms with Crippen molar-refractivity contribution in [1.29, 1.82) is 0 Å². The zero-order valence-corrected chi connectivity index (χ0v) is 14.5. The highest BCUT2D eigenvalue weighted by atomic mass is 32.2. The molecule has 8 heteroatoms. The van der Waals surface area contributed by atoms with Gasteiger partial charge < -0.3 is 9.80 Å². The Labute approximate surface area is 137 Å². The Balaban J connectivity index is 1.94. The maximum atomic E-state index is 12.3. The smallest absolute Gasteiger partial charge is 0.237 e. The standard InChI is InChI=1S/C15H24N4O3S/c1-13(2)11-23(21,22)12-15(20)19-8-4-7-18(9-10-19)14-5-3-6-16-17-14/h3,5-6,13H,4,7-12H2,1-2H3. The maximum absolute atomic E-state index is 12.3. The molecule has 0 aliphatic carbocycles. The molecule has 1 fully saturated rings. The second kappa shape index (κ2) is 7.72. The first-order valence-corrected chi connectivity index (χ1v) is 9.70. The van der Waals surface area contributed by atoms with E-state index in [9.17, 15) is 13.2 Å². The van der Waals surface area contributed by atoms with Gasteiger partial charge in [-0.15, -0.1) is 5.10 Å². The lowest BCUT2D eigenvalue weighted by molar-refractivity contribution is -0.128. The molecule has 0 atom stereocenters. The molecule has 23 heavy (non-hydrogen) atoms. The van der Waals surface area contributed by atoms with Crippen LogP contribution in [0.4, 0.5) is 5.82 Å². The summed E-state index contributed by atoms with van der Waals surface area (Å²) in [6.07, 6.45) is 2.41. The average Bonchev–Trinajstić information content (AvgIpc) is 2.72. The summed E-state index contributed by atoms with van der Waals surface area (Å²) in [7, 11) is -3.33. The SMILES string of the molecule is CC(C)CS(=O)(=O)CC(=O)N1CCCN(c2cccnn2)CC1. The van der Waals surface area contributed by atoms with E-state index in [0.29, 0.717) is 19.6 Å². The van der Waals surface area contributed by atoms with Crippen molar-refractivity contribution in [2.45, 2.75) is 20.3 Å². The topological polar surface area (TPSA) is 83.5 Å². The quantitative estimate of drug-likeness (QED) is 0.780. The van der Waals surface area contributed by atoms with E-state index < -0.39 is 15.6 Å². The molecule has 0 radical (unpaired) electrons. The molecule has 0 spiro atoms. The molecule has 0 N–H and O–H groups in total. The van der Waals surface area contributed by atoms with Crippen LogP contribution in [0.5, 0.6) is 0 Å². The van der Waals surface area contributed by atoms with Crippen molar-refractivity contribution >= 4 is 21.6 Å². The highest BCUT2D eigenvalue weighted by Crippen LogP contribution is 2.13. The molecule has 1 aromatic rings. The van der Waals surface area contributed by atoms with Gasteiger partial charge in [-0.2, -0.15) is 5.10 Å². The number of carbonyl (C=O) groups is 1. The minimum atomic E-state index is -3.33.